The van der Waals surface area contributed by atoms with Gasteiger partial charge >= 0.3 is 6.03 Å². The zero-order valence-corrected chi connectivity index (χ0v) is 29.9. The van der Waals surface area contributed by atoms with E-state index >= 15 is 4.39 Å². The Balaban J connectivity index is 1.34. The Morgan fingerprint density at radius 2 is 1.59 bits per heavy atom. The van der Waals surface area contributed by atoms with Crippen molar-refractivity contribution in [3.63, 3.8) is 0 Å². The molecule has 278 valence electrons. The maximum Gasteiger partial charge on any atom is 0.318 e. The van der Waals surface area contributed by atoms with Crippen molar-refractivity contribution in [1.82, 2.24) is 30.2 Å². The van der Waals surface area contributed by atoms with Gasteiger partial charge in [-0.1, -0.05) is 38.7 Å². The third kappa shape index (κ3) is 9.31. The number of urea groups is 1. The molecular weight excluding hydrogens is 663 g/mol. The number of aromatic nitrogens is 2. The minimum Gasteiger partial charge on any atom is -0.340 e. The number of nitrogens with one attached hydrogen (secondary N) is 3. The molecule has 1 aromatic heterocycles. The van der Waals surface area contributed by atoms with E-state index in [0.717, 1.165) is 51.4 Å². The van der Waals surface area contributed by atoms with Crippen LogP contribution in [0.25, 0.3) is 0 Å². The number of rotatable bonds is 11. The van der Waals surface area contributed by atoms with E-state index in [4.69, 9.17) is 0 Å². The molecule has 3 aliphatic rings. The lowest BCUT2D eigenvalue weighted by atomic mass is 9.90. The molecule has 3 atom stereocenters. The molecule has 1 saturated heterocycles. The molecule has 0 unspecified atom stereocenters. The van der Waals surface area contributed by atoms with E-state index in [1.807, 2.05) is 13.8 Å². The molecule has 2 heterocycles. The predicted molar refractivity (Wildman–Crippen MR) is 187 cm³/mol. The Morgan fingerprint density at radius 3 is 2.18 bits per heavy atom. The fourth-order valence-corrected chi connectivity index (χ4v) is 7.13. The van der Waals surface area contributed by atoms with Gasteiger partial charge in [0.1, 0.15) is 23.6 Å². The van der Waals surface area contributed by atoms with E-state index in [9.17, 15) is 28.0 Å². The third-order valence-electron chi connectivity index (χ3n) is 10.5. The molecule has 3 fully saturated rings. The molecule has 14 heteroatoms. The quantitative estimate of drug-likeness (QED) is 0.234. The Kier molecular flexibility index (Phi) is 12.5. The number of nitrogens with zero attached hydrogens (tertiary/aromatic N) is 4. The number of carbonyl (C=O) groups excluding carboxylic acids is 4. The Bertz CT molecular complexity index is 1600. The molecule has 1 aromatic carbocycles. The topological polar surface area (TPSA) is 129 Å². The Hall–Kier alpha value is -4.36. The number of hydrogen-bond donors (Lipinski definition) is 3. The largest absolute Gasteiger partial charge is 0.340 e. The second-order valence-corrected chi connectivity index (χ2v) is 14.4. The van der Waals surface area contributed by atoms with E-state index in [-0.39, 0.29) is 55.2 Å². The van der Waals surface area contributed by atoms with Crippen molar-refractivity contribution in [3.05, 3.63) is 59.2 Å². The van der Waals surface area contributed by atoms with Crippen LogP contribution in [0.4, 0.5) is 23.7 Å². The highest BCUT2D eigenvalue weighted by Crippen LogP contribution is 2.31. The van der Waals surface area contributed by atoms with E-state index < -0.39 is 53.7 Å². The average Bonchev–Trinajstić information content (AvgIpc) is 3.90. The second kappa shape index (κ2) is 16.8. The minimum atomic E-state index is -1.73. The van der Waals surface area contributed by atoms with Crippen molar-refractivity contribution < 1.29 is 32.3 Å². The molecule has 0 radical (unpaired) electrons. The van der Waals surface area contributed by atoms with Crippen LogP contribution in [-0.4, -0.2) is 81.6 Å². The monoisotopic (exact) mass is 713 g/mol. The molecule has 11 nitrogen and oxygen atoms in total. The summed E-state index contributed by atoms with van der Waals surface area (Å²) < 4.78 is 43.8. The molecule has 2 saturated carbocycles. The standard InChI is InChI=1S/C37H50F3N7O4/c1-22(2)47-30(15-18-41-47)34(48)43-32(24-9-7-5-6-8-10-24)35(49)42-29-14-11-26(21-28(29)38)23(3)31(44-37(51)45(4)27-12-13-27)36(50)46-19-16-25(17-20-46)33(39)40/h11,14-15,18,21-24,27,31-32H,5-10,12-13,16-17,19-20H2,1-4H3,(H,42,49)(H,43,48)(H,44,51)/t23-,31+,32-/m0/s1. The predicted octanol–water partition coefficient (Wildman–Crippen LogP) is 6.36. The molecule has 2 aromatic rings. The highest BCUT2D eigenvalue weighted by atomic mass is 19.3. The summed E-state index contributed by atoms with van der Waals surface area (Å²) in [5, 5.41) is 12.7. The molecule has 5 rings (SSSR count). The zero-order valence-electron chi connectivity index (χ0n) is 29.9. The summed E-state index contributed by atoms with van der Waals surface area (Å²) in [5.74, 6) is -2.98. The molecule has 0 spiro atoms. The van der Waals surface area contributed by atoms with Gasteiger partial charge in [-0.2, -0.15) is 13.9 Å². The van der Waals surface area contributed by atoms with Crippen molar-refractivity contribution in [2.45, 2.75) is 115 Å². The van der Waals surface area contributed by atoms with E-state index in [1.165, 1.54) is 23.2 Å². The summed E-state index contributed by atoms with van der Waals surface area (Å²) in [6.07, 6.45) is 7.03. The van der Waals surface area contributed by atoms with Crippen LogP contribution in [0.1, 0.15) is 113 Å². The fourth-order valence-electron chi connectivity index (χ4n) is 7.13. The molecule has 2 aliphatic carbocycles. The molecule has 51 heavy (non-hydrogen) atoms. The van der Waals surface area contributed by atoms with Gasteiger partial charge in [0.25, 0.3) is 12.0 Å². The number of likely N-dealkylation sites (tertiary alicyclic amines) is 1. The highest BCUT2D eigenvalue weighted by molar-refractivity contribution is 6.00. The SMILES string of the molecule is CC(C)n1nccc1C(=O)N[C@H](C(=O)Nc1ccc([C@H](C)[C@@H](NC(=O)N(C)C2CC2)C(=O)N2CCC(=C(F)F)CC2)cc1F)C1CCCCCC1. The lowest BCUT2D eigenvalue weighted by Crippen LogP contribution is -2.55. The zero-order chi connectivity index (χ0) is 36.8. The van der Waals surface area contributed by atoms with Crippen LogP contribution in [0.3, 0.4) is 0 Å². The van der Waals surface area contributed by atoms with Crippen LogP contribution in [-0.2, 0) is 9.59 Å². The van der Waals surface area contributed by atoms with Crippen LogP contribution in [0, 0.1) is 11.7 Å². The smallest absolute Gasteiger partial charge is 0.318 e. The van der Waals surface area contributed by atoms with Crippen LogP contribution >= 0.6 is 0 Å². The summed E-state index contributed by atoms with van der Waals surface area (Å²) in [5.41, 5.74) is 0.668. The van der Waals surface area contributed by atoms with E-state index in [2.05, 4.69) is 21.0 Å². The van der Waals surface area contributed by atoms with Gasteiger partial charge in [-0.15, -0.1) is 0 Å². The molecule has 1 aliphatic heterocycles. The fraction of sp³-hybridized carbons (Fsp3) is 0.595. The average molecular weight is 714 g/mol. The number of benzene rings is 1. The summed E-state index contributed by atoms with van der Waals surface area (Å²) in [6.45, 7) is 5.68. The van der Waals surface area contributed by atoms with E-state index in [1.54, 1.807) is 35.7 Å². The van der Waals surface area contributed by atoms with Gasteiger partial charge in [0.15, 0.2) is 0 Å². The van der Waals surface area contributed by atoms with Crippen LogP contribution in [0.2, 0.25) is 0 Å². The van der Waals surface area contributed by atoms with Crippen molar-refractivity contribution in [2.75, 3.05) is 25.5 Å². The number of piperidine rings is 1. The normalized spacial score (nSPS) is 18.7. The first-order valence-corrected chi connectivity index (χ1v) is 18.2. The maximum absolute atomic E-state index is 15.8. The number of hydrogen-bond acceptors (Lipinski definition) is 5. The van der Waals surface area contributed by atoms with Crippen molar-refractivity contribution in [3.8, 4) is 0 Å². The first-order chi connectivity index (χ1) is 24.3. The first kappa shape index (κ1) is 37.9. The summed E-state index contributed by atoms with van der Waals surface area (Å²) in [4.78, 5) is 57.2. The Morgan fingerprint density at radius 1 is 0.922 bits per heavy atom. The second-order valence-electron chi connectivity index (χ2n) is 14.4. The molecule has 0 bridgehead atoms. The lowest BCUT2D eigenvalue weighted by Gasteiger charge is -2.34. The van der Waals surface area contributed by atoms with Crippen molar-refractivity contribution in [1.29, 1.82) is 0 Å². The third-order valence-corrected chi connectivity index (χ3v) is 10.5. The van der Waals surface area contributed by atoms with E-state index in [0.29, 0.717) is 11.3 Å². The highest BCUT2D eigenvalue weighted by Gasteiger charge is 2.37. The lowest BCUT2D eigenvalue weighted by molar-refractivity contribution is -0.134. The summed E-state index contributed by atoms with van der Waals surface area (Å²) in [6, 6.07) is 3.41. The number of carbonyl (C=O) groups is 4. The van der Waals surface area contributed by atoms with Gasteiger partial charge < -0.3 is 25.8 Å². The van der Waals surface area contributed by atoms with Gasteiger partial charge in [0.05, 0.1) is 5.69 Å². The summed E-state index contributed by atoms with van der Waals surface area (Å²) in [7, 11) is 1.65. The molecule has 5 amide bonds. The van der Waals surface area contributed by atoms with Crippen molar-refractivity contribution >= 4 is 29.4 Å². The van der Waals surface area contributed by atoms with Gasteiger partial charge in [-0.3, -0.25) is 19.1 Å². The minimum absolute atomic E-state index is 0.0175. The number of halogens is 3. The molecular formula is C37H50F3N7O4. The Labute approximate surface area is 297 Å². The van der Waals surface area contributed by atoms with Gasteiger partial charge in [0, 0.05) is 44.3 Å². The molecule has 3 N–H and O–H groups in total. The van der Waals surface area contributed by atoms with Gasteiger partial charge in [-0.25, -0.2) is 9.18 Å². The summed E-state index contributed by atoms with van der Waals surface area (Å²) >= 11 is 0. The maximum atomic E-state index is 15.8. The first-order valence-electron chi connectivity index (χ1n) is 18.2. The van der Waals surface area contributed by atoms with Crippen LogP contribution in [0.15, 0.2) is 42.1 Å². The van der Waals surface area contributed by atoms with Gasteiger partial charge in [-0.05, 0) is 87.6 Å². The van der Waals surface area contributed by atoms with Gasteiger partial charge in [0.2, 0.25) is 11.8 Å². The van der Waals surface area contributed by atoms with Crippen LogP contribution in [0.5, 0.6) is 0 Å². The van der Waals surface area contributed by atoms with Crippen molar-refractivity contribution in [2.24, 2.45) is 5.92 Å². The van der Waals surface area contributed by atoms with Crippen LogP contribution < -0.4 is 16.0 Å². The number of amides is 5. The number of anilines is 1.